The molecule has 35 heavy (non-hydrogen) atoms. The molecule has 2 saturated carbocycles. The van der Waals surface area contributed by atoms with Gasteiger partial charge in [0.25, 0.3) is 0 Å². The second-order valence-corrected chi connectivity index (χ2v) is 11.0. The first kappa shape index (κ1) is 25.5. The van der Waals surface area contributed by atoms with E-state index in [1.165, 1.54) is 6.42 Å². The van der Waals surface area contributed by atoms with Gasteiger partial charge in [-0.1, -0.05) is 33.3 Å². The van der Waals surface area contributed by atoms with Crippen LogP contribution >= 0.6 is 0 Å². The van der Waals surface area contributed by atoms with Gasteiger partial charge in [-0.25, -0.2) is 4.79 Å². The van der Waals surface area contributed by atoms with Crippen LogP contribution in [0.2, 0.25) is 0 Å². The van der Waals surface area contributed by atoms with E-state index in [0.29, 0.717) is 35.8 Å². The minimum atomic E-state index is -0.465. The molecule has 2 fully saturated rings. The van der Waals surface area contributed by atoms with E-state index in [-0.39, 0.29) is 23.3 Å². The largest absolute Gasteiger partial charge is 0.493 e. The molecule has 6 heteroatoms. The molecule has 0 radical (unpaired) electrons. The number of esters is 1. The third-order valence-corrected chi connectivity index (χ3v) is 7.42. The summed E-state index contributed by atoms with van der Waals surface area (Å²) in [5.41, 5.74) is 2.73. The number of carbonyl (C=O) groups excluding carboxylic acids is 2. The van der Waals surface area contributed by atoms with Crippen molar-refractivity contribution in [1.82, 2.24) is 0 Å². The number of ketones is 1. The normalized spacial score (nSPS) is 24.5. The molecule has 4 rings (SSSR count). The number of Topliss-reactive ketones (excluding diaryl/α,β-unsaturated/α-hetero) is 1. The van der Waals surface area contributed by atoms with E-state index in [1.807, 2.05) is 25.1 Å². The van der Waals surface area contributed by atoms with Gasteiger partial charge in [0.05, 0.1) is 25.2 Å². The zero-order chi connectivity index (χ0) is 25.2. The molecule has 1 heterocycles. The Bertz CT molecular complexity index is 1030. The lowest BCUT2D eigenvalue weighted by Crippen LogP contribution is -2.44. The van der Waals surface area contributed by atoms with Crippen LogP contribution in [0.15, 0.2) is 34.5 Å². The molecule has 0 amide bonds. The molecule has 0 bridgehead atoms. The maximum absolute atomic E-state index is 13.6. The van der Waals surface area contributed by atoms with Gasteiger partial charge in [-0.3, -0.25) is 9.79 Å². The van der Waals surface area contributed by atoms with E-state index in [1.54, 1.807) is 7.11 Å². The highest BCUT2D eigenvalue weighted by molar-refractivity contribution is 6.12. The van der Waals surface area contributed by atoms with Crippen molar-refractivity contribution in [1.29, 1.82) is 0 Å². The van der Waals surface area contributed by atoms with Crippen molar-refractivity contribution in [2.75, 3.05) is 13.7 Å². The zero-order valence-electron chi connectivity index (χ0n) is 21.8. The predicted octanol–water partition coefficient (Wildman–Crippen LogP) is 6.18. The highest BCUT2D eigenvalue weighted by atomic mass is 16.5. The Kier molecular flexibility index (Phi) is 7.67. The van der Waals surface area contributed by atoms with E-state index in [4.69, 9.17) is 19.2 Å². The number of carbonyl (C=O) groups is 2. The smallest absolute Gasteiger partial charge is 0.336 e. The van der Waals surface area contributed by atoms with Gasteiger partial charge in [0.1, 0.15) is 11.9 Å². The molecule has 1 aliphatic heterocycles. The lowest BCUT2D eigenvalue weighted by atomic mass is 9.63. The van der Waals surface area contributed by atoms with Crippen LogP contribution in [0.5, 0.6) is 11.5 Å². The predicted molar refractivity (Wildman–Crippen MR) is 136 cm³/mol. The Balaban J connectivity index is 1.76. The van der Waals surface area contributed by atoms with E-state index in [0.717, 1.165) is 49.8 Å². The molecule has 190 valence electrons. The Morgan fingerprint density at radius 2 is 1.83 bits per heavy atom. The van der Waals surface area contributed by atoms with Crippen molar-refractivity contribution in [3.63, 3.8) is 0 Å². The lowest BCUT2D eigenvalue weighted by Gasteiger charge is -2.41. The molecule has 1 aromatic carbocycles. The van der Waals surface area contributed by atoms with Gasteiger partial charge in [-0.15, -0.1) is 0 Å². The second-order valence-electron chi connectivity index (χ2n) is 11.0. The summed E-state index contributed by atoms with van der Waals surface area (Å²) in [6.45, 7) is 8.72. The first-order valence-corrected chi connectivity index (χ1v) is 13.1. The zero-order valence-corrected chi connectivity index (χ0v) is 21.8. The van der Waals surface area contributed by atoms with Gasteiger partial charge in [0, 0.05) is 23.7 Å². The van der Waals surface area contributed by atoms with Gasteiger partial charge in [-0.2, -0.15) is 0 Å². The van der Waals surface area contributed by atoms with Gasteiger partial charge < -0.3 is 14.2 Å². The minimum absolute atomic E-state index is 0.0667. The minimum Gasteiger partial charge on any atom is -0.493 e. The fraction of sp³-hybridized carbons (Fsp3) is 0.621. The van der Waals surface area contributed by atoms with Gasteiger partial charge >= 0.3 is 5.97 Å². The molecular weight excluding hydrogens is 442 g/mol. The Labute approximate surface area is 209 Å². The Hall–Kier alpha value is -2.63. The molecule has 0 aromatic heterocycles. The first-order chi connectivity index (χ1) is 16.7. The number of ether oxygens (including phenoxy) is 3. The molecular formula is C29H39NO5. The van der Waals surface area contributed by atoms with Crippen LogP contribution < -0.4 is 9.47 Å². The highest BCUT2D eigenvalue weighted by Gasteiger charge is 2.48. The van der Waals surface area contributed by atoms with Crippen LogP contribution in [0.3, 0.4) is 0 Å². The van der Waals surface area contributed by atoms with Gasteiger partial charge in [0.2, 0.25) is 0 Å². The number of aliphatic imine (C=N–C) groups is 1. The van der Waals surface area contributed by atoms with Crippen molar-refractivity contribution in [3.05, 3.63) is 35.0 Å². The van der Waals surface area contributed by atoms with Gasteiger partial charge in [-0.05, 0) is 68.6 Å². The van der Waals surface area contributed by atoms with Crippen LogP contribution in [0.4, 0.5) is 0 Å². The quantitative estimate of drug-likeness (QED) is 0.435. The molecule has 6 nitrogen and oxygen atoms in total. The number of methoxy groups -OCH3 is 1. The summed E-state index contributed by atoms with van der Waals surface area (Å²) in [7, 11) is 1.61. The molecule has 2 atom stereocenters. The van der Waals surface area contributed by atoms with E-state index in [9.17, 15) is 9.59 Å². The lowest BCUT2D eigenvalue weighted by molar-refractivity contribution is -0.146. The third-order valence-electron chi connectivity index (χ3n) is 7.42. The molecule has 2 aliphatic carbocycles. The monoisotopic (exact) mass is 481 g/mol. The average molecular weight is 482 g/mol. The summed E-state index contributed by atoms with van der Waals surface area (Å²) in [5.74, 6) is 0.132. The van der Waals surface area contributed by atoms with Crippen molar-refractivity contribution < 1.29 is 23.8 Å². The van der Waals surface area contributed by atoms with Crippen molar-refractivity contribution >= 4 is 17.5 Å². The second kappa shape index (κ2) is 10.5. The number of hydrogen-bond donors (Lipinski definition) is 0. The summed E-state index contributed by atoms with van der Waals surface area (Å²) < 4.78 is 17.5. The van der Waals surface area contributed by atoms with Crippen LogP contribution in [0.25, 0.3) is 0 Å². The summed E-state index contributed by atoms with van der Waals surface area (Å²) in [6.07, 6.45) is 7.15. The Morgan fingerprint density at radius 3 is 2.51 bits per heavy atom. The van der Waals surface area contributed by atoms with E-state index in [2.05, 4.69) is 20.8 Å². The molecule has 0 spiro atoms. The molecule has 0 N–H and O–H groups in total. The average Bonchev–Trinajstić information content (AvgIpc) is 2.81. The van der Waals surface area contributed by atoms with E-state index >= 15 is 0 Å². The fourth-order valence-corrected chi connectivity index (χ4v) is 5.83. The van der Waals surface area contributed by atoms with Crippen LogP contribution in [0, 0.1) is 11.3 Å². The van der Waals surface area contributed by atoms with Gasteiger partial charge in [0.15, 0.2) is 11.5 Å². The number of allylic oxidation sites excluding steroid dienone is 1. The topological polar surface area (TPSA) is 74.2 Å². The maximum Gasteiger partial charge on any atom is 0.336 e. The third kappa shape index (κ3) is 5.46. The summed E-state index contributed by atoms with van der Waals surface area (Å²) in [5, 5.41) is 0. The number of rotatable bonds is 7. The van der Waals surface area contributed by atoms with Crippen molar-refractivity contribution in [3.8, 4) is 11.5 Å². The molecule has 1 unspecified atom stereocenters. The van der Waals surface area contributed by atoms with Crippen molar-refractivity contribution in [2.45, 2.75) is 91.1 Å². The summed E-state index contributed by atoms with van der Waals surface area (Å²) in [4.78, 5) is 32.0. The standard InChI is InChI=1S/C29H39NO5/c1-6-14-34-23-13-12-19(15-24(23)33-5)26-25(28(32)35-20-10-8-7-9-11-20)18(2)30-21-16-29(3,4)17-22(31)27(21)26/h12-13,15,20,26-27H,6-11,14,16-17H2,1-5H3/t26-,27?/m0/s1. The van der Waals surface area contributed by atoms with Crippen LogP contribution in [-0.2, 0) is 14.3 Å². The van der Waals surface area contributed by atoms with Crippen LogP contribution in [-0.4, -0.2) is 37.3 Å². The van der Waals surface area contributed by atoms with Crippen molar-refractivity contribution in [2.24, 2.45) is 16.3 Å². The number of benzene rings is 1. The number of nitrogens with zero attached hydrogens (tertiary/aromatic N) is 1. The SMILES string of the molecule is CCCOc1ccc([C@H]2C(C(=O)OC3CCCCC3)=C(C)N=C3CC(C)(C)CC(=O)C32)cc1OC. The summed E-state index contributed by atoms with van der Waals surface area (Å²) in [6, 6.07) is 5.74. The highest BCUT2D eigenvalue weighted by Crippen LogP contribution is 2.48. The molecule has 3 aliphatic rings. The van der Waals surface area contributed by atoms with E-state index < -0.39 is 11.8 Å². The fourth-order valence-electron chi connectivity index (χ4n) is 5.83. The Morgan fingerprint density at radius 1 is 1.09 bits per heavy atom. The van der Waals surface area contributed by atoms with Crippen LogP contribution in [0.1, 0.15) is 90.5 Å². The first-order valence-electron chi connectivity index (χ1n) is 13.1. The molecule has 0 saturated heterocycles. The molecule has 1 aromatic rings. The summed E-state index contributed by atoms with van der Waals surface area (Å²) >= 11 is 0. The number of hydrogen-bond acceptors (Lipinski definition) is 6. The number of fused-ring (bicyclic) bond motifs is 1. The maximum atomic E-state index is 13.6.